The van der Waals surface area contributed by atoms with Crippen LogP contribution in [0.4, 0.5) is 4.79 Å². The molecular formula is C17H22N4O. The number of amides is 2. The van der Waals surface area contributed by atoms with Crippen LogP contribution >= 0.6 is 0 Å². The van der Waals surface area contributed by atoms with Gasteiger partial charge in [0.15, 0.2) is 0 Å². The number of aromatic nitrogens is 2. The molecule has 0 spiro atoms. The van der Waals surface area contributed by atoms with Gasteiger partial charge in [0.25, 0.3) is 0 Å². The van der Waals surface area contributed by atoms with Crippen LogP contribution < -0.4 is 5.32 Å². The van der Waals surface area contributed by atoms with Gasteiger partial charge in [-0.05, 0) is 18.9 Å². The minimum absolute atomic E-state index is 0.000359. The molecule has 2 heterocycles. The second-order valence-electron chi connectivity index (χ2n) is 5.82. The van der Waals surface area contributed by atoms with Crippen LogP contribution in [0.3, 0.4) is 0 Å². The van der Waals surface area contributed by atoms with E-state index >= 15 is 0 Å². The van der Waals surface area contributed by atoms with Crippen molar-refractivity contribution < 1.29 is 4.79 Å². The first kappa shape index (κ1) is 14.6. The number of hydrogen-bond acceptors (Lipinski definition) is 2. The van der Waals surface area contributed by atoms with Gasteiger partial charge in [-0.1, -0.05) is 30.3 Å². The maximum Gasteiger partial charge on any atom is 0.317 e. The predicted molar refractivity (Wildman–Crippen MR) is 85.9 cm³/mol. The molecule has 0 radical (unpaired) electrons. The first-order chi connectivity index (χ1) is 10.7. The number of rotatable bonds is 3. The minimum Gasteiger partial charge on any atom is -0.341 e. The molecule has 2 amide bonds. The van der Waals surface area contributed by atoms with Gasteiger partial charge in [-0.2, -0.15) is 0 Å². The van der Waals surface area contributed by atoms with Crippen molar-refractivity contribution in [1.29, 1.82) is 0 Å². The number of hydrogen-bond donors (Lipinski definition) is 1. The third-order valence-corrected chi connectivity index (χ3v) is 4.32. The second-order valence-corrected chi connectivity index (χ2v) is 5.82. The molecule has 5 nitrogen and oxygen atoms in total. The van der Waals surface area contributed by atoms with E-state index in [1.54, 1.807) is 7.05 Å². The summed E-state index contributed by atoms with van der Waals surface area (Å²) in [5, 5.41) is 2.70. The maximum absolute atomic E-state index is 11.8. The molecule has 3 rings (SSSR count). The maximum atomic E-state index is 11.8. The van der Waals surface area contributed by atoms with E-state index in [2.05, 4.69) is 46.1 Å². The molecule has 1 aromatic heterocycles. The van der Waals surface area contributed by atoms with Gasteiger partial charge in [-0.3, -0.25) is 0 Å². The van der Waals surface area contributed by atoms with Gasteiger partial charge in [0.05, 0.1) is 0 Å². The lowest BCUT2D eigenvalue weighted by Crippen LogP contribution is -2.36. The first-order valence-electron chi connectivity index (χ1n) is 7.71. The van der Waals surface area contributed by atoms with Crippen LogP contribution in [0.1, 0.15) is 29.4 Å². The monoisotopic (exact) mass is 298 g/mol. The van der Waals surface area contributed by atoms with E-state index < -0.39 is 0 Å². The van der Waals surface area contributed by atoms with Crippen LogP contribution in [-0.2, 0) is 6.54 Å². The molecule has 22 heavy (non-hydrogen) atoms. The summed E-state index contributed by atoms with van der Waals surface area (Å²) < 4.78 is 2.27. The molecule has 1 saturated heterocycles. The Bertz CT molecular complexity index is 650. The van der Waals surface area contributed by atoms with Crippen LogP contribution in [0.25, 0.3) is 0 Å². The molecule has 1 aliphatic rings. The Balaban J connectivity index is 1.79. The molecule has 0 saturated carbocycles. The van der Waals surface area contributed by atoms with Crippen LogP contribution in [0.15, 0.2) is 36.5 Å². The lowest BCUT2D eigenvalue weighted by Gasteiger charge is -2.17. The number of benzene rings is 1. The van der Waals surface area contributed by atoms with Crippen molar-refractivity contribution in [2.24, 2.45) is 0 Å². The zero-order chi connectivity index (χ0) is 15.5. The lowest BCUT2D eigenvalue weighted by molar-refractivity contribution is 0.210. The highest BCUT2D eigenvalue weighted by Crippen LogP contribution is 2.27. The summed E-state index contributed by atoms with van der Waals surface area (Å²) >= 11 is 0. The number of aryl methyl sites for hydroxylation is 1. The minimum atomic E-state index is 0.000359. The molecule has 1 unspecified atom stereocenters. The summed E-state index contributed by atoms with van der Waals surface area (Å²) in [5.41, 5.74) is 2.43. The van der Waals surface area contributed by atoms with Gasteiger partial charge in [0.1, 0.15) is 5.82 Å². The molecule has 1 atom stereocenters. The van der Waals surface area contributed by atoms with Crippen LogP contribution in [0.2, 0.25) is 0 Å². The average molecular weight is 298 g/mol. The smallest absolute Gasteiger partial charge is 0.317 e. The van der Waals surface area contributed by atoms with Gasteiger partial charge in [0.2, 0.25) is 0 Å². The fraction of sp³-hybridized carbons (Fsp3) is 0.412. The summed E-state index contributed by atoms with van der Waals surface area (Å²) in [7, 11) is 1.68. The number of carbonyl (C=O) groups is 1. The predicted octanol–water partition coefficient (Wildman–Crippen LogP) is 2.37. The highest BCUT2D eigenvalue weighted by Gasteiger charge is 2.30. The highest BCUT2D eigenvalue weighted by atomic mass is 16.2. The normalized spacial score (nSPS) is 17.7. The van der Waals surface area contributed by atoms with Gasteiger partial charge < -0.3 is 14.8 Å². The van der Waals surface area contributed by atoms with Gasteiger partial charge >= 0.3 is 6.03 Å². The Morgan fingerprint density at radius 3 is 2.86 bits per heavy atom. The fourth-order valence-electron chi connectivity index (χ4n) is 3.09. The van der Waals surface area contributed by atoms with Crippen molar-refractivity contribution in [2.75, 3.05) is 20.1 Å². The zero-order valence-corrected chi connectivity index (χ0v) is 13.1. The lowest BCUT2D eigenvalue weighted by atomic mass is 10.1. The van der Waals surface area contributed by atoms with Gasteiger partial charge in [-0.15, -0.1) is 0 Å². The fourth-order valence-corrected chi connectivity index (χ4v) is 3.09. The van der Waals surface area contributed by atoms with E-state index in [0.717, 1.165) is 37.6 Å². The molecule has 0 aliphatic carbocycles. The Morgan fingerprint density at radius 1 is 1.36 bits per heavy atom. The van der Waals surface area contributed by atoms with E-state index in [-0.39, 0.29) is 6.03 Å². The Hall–Kier alpha value is -2.30. The topological polar surface area (TPSA) is 50.2 Å². The molecule has 1 aliphatic heterocycles. The van der Waals surface area contributed by atoms with Crippen LogP contribution in [0.5, 0.6) is 0 Å². The van der Waals surface area contributed by atoms with Crippen LogP contribution in [-0.4, -0.2) is 40.6 Å². The van der Waals surface area contributed by atoms with E-state index in [1.807, 2.05) is 17.2 Å². The average Bonchev–Trinajstić information content (AvgIpc) is 3.16. The SMILES string of the molecule is CNC(=O)N1CCC(c2ncc(C)n2Cc2ccccc2)C1. The van der Waals surface area contributed by atoms with E-state index in [0.29, 0.717) is 5.92 Å². The molecule has 2 aromatic rings. The molecule has 5 heteroatoms. The summed E-state index contributed by atoms with van der Waals surface area (Å²) in [4.78, 5) is 18.2. The van der Waals surface area contributed by atoms with Crippen molar-refractivity contribution in [2.45, 2.75) is 25.8 Å². The van der Waals surface area contributed by atoms with E-state index in [1.165, 1.54) is 5.56 Å². The Morgan fingerprint density at radius 2 is 2.14 bits per heavy atom. The molecule has 116 valence electrons. The first-order valence-corrected chi connectivity index (χ1v) is 7.71. The van der Waals surface area contributed by atoms with E-state index in [9.17, 15) is 4.79 Å². The summed E-state index contributed by atoms with van der Waals surface area (Å²) in [6.07, 6.45) is 2.90. The standard InChI is InChI=1S/C17H22N4O/c1-13-10-19-16(15-8-9-20(12-15)17(22)18-2)21(13)11-14-6-4-3-5-7-14/h3-7,10,15H,8-9,11-12H2,1-2H3,(H,18,22). The summed E-state index contributed by atoms with van der Waals surface area (Å²) in [5.74, 6) is 1.41. The number of nitrogens with zero attached hydrogens (tertiary/aromatic N) is 3. The van der Waals surface area contributed by atoms with Crippen molar-refractivity contribution in [3.63, 3.8) is 0 Å². The van der Waals surface area contributed by atoms with Gasteiger partial charge in [0, 0.05) is 44.5 Å². The molecule has 1 N–H and O–H groups in total. The third-order valence-electron chi connectivity index (χ3n) is 4.32. The van der Waals surface area contributed by atoms with Crippen molar-refractivity contribution >= 4 is 6.03 Å². The molecular weight excluding hydrogens is 276 g/mol. The molecule has 1 fully saturated rings. The number of carbonyl (C=O) groups excluding carboxylic acids is 1. The number of imidazole rings is 1. The Kier molecular flexibility index (Phi) is 4.13. The molecule has 1 aromatic carbocycles. The van der Waals surface area contributed by atoms with Crippen molar-refractivity contribution in [3.05, 3.63) is 53.6 Å². The van der Waals surface area contributed by atoms with Gasteiger partial charge in [-0.25, -0.2) is 9.78 Å². The number of likely N-dealkylation sites (tertiary alicyclic amines) is 1. The third kappa shape index (κ3) is 2.84. The number of urea groups is 1. The van der Waals surface area contributed by atoms with Crippen LogP contribution in [0, 0.1) is 6.92 Å². The largest absolute Gasteiger partial charge is 0.341 e. The van der Waals surface area contributed by atoms with Crippen molar-refractivity contribution in [1.82, 2.24) is 19.8 Å². The zero-order valence-electron chi connectivity index (χ0n) is 13.1. The summed E-state index contributed by atoms with van der Waals surface area (Å²) in [6.45, 7) is 4.45. The quantitative estimate of drug-likeness (QED) is 0.946. The second kappa shape index (κ2) is 6.22. The molecule has 0 bridgehead atoms. The van der Waals surface area contributed by atoms with Crippen molar-refractivity contribution in [3.8, 4) is 0 Å². The van der Waals surface area contributed by atoms with E-state index in [4.69, 9.17) is 0 Å². The highest BCUT2D eigenvalue weighted by molar-refractivity contribution is 5.74. The number of nitrogens with one attached hydrogen (secondary N) is 1. The Labute approximate surface area is 131 Å². The summed E-state index contributed by atoms with van der Waals surface area (Å²) in [6, 6.07) is 10.4.